The summed E-state index contributed by atoms with van der Waals surface area (Å²) in [6.45, 7) is 0.567. The standard InChI is InChI=1S/C24H21NO4/c26-14-18-8-4-5-9-19(18)16-28-21-10-11-22-20(12-21)13-23(25-22)24(27)29-15-17-6-2-1-3-7-17/h1-13,25-26H,14-16H2. The summed E-state index contributed by atoms with van der Waals surface area (Å²) in [4.78, 5) is 15.4. The highest BCUT2D eigenvalue weighted by Gasteiger charge is 2.12. The van der Waals surface area contributed by atoms with Gasteiger partial charge in [0.25, 0.3) is 0 Å². The van der Waals surface area contributed by atoms with Crippen molar-refractivity contribution in [2.45, 2.75) is 19.8 Å². The minimum Gasteiger partial charge on any atom is -0.489 e. The van der Waals surface area contributed by atoms with Crippen molar-refractivity contribution in [3.8, 4) is 5.75 Å². The fourth-order valence-corrected chi connectivity index (χ4v) is 3.12. The molecule has 0 atom stereocenters. The Balaban J connectivity index is 1.44. The number of aromatic nitrogens is 1. The molecule has 0 saturated carbocycles. The van der Waals surface area contributed by atoms with E-state index in [1.54, 1.807) is 6.07 Å². The SMILES string of the molecule is O=C(OCc1ccccc1)c1cc2cc(OCc3ccccc3CO)ccc2[nH]1. The summed E-state index contributed by atoms with van der Waals surface area (Å²) >= 11 is 0. The van der Waals surface area contributed by atoms with E-state index in [1.165, 1.54) is 0 Å². The number of esters is 1. The summed E-state index contributed by atoms with van der Waals surface area (Å²) < 4.78 is 11.3. The molecule has 0 fully saturated rings. The van der Waals surface area contributed by atoms with Gasteiger partial charge in [-0.3, -0.25) is 0 Å². The van der Waals surface area contributed by atoms with Gasteiger partial charge in [0.15, 0.2) is 0 Å². The van der Waals surface area contributed by atoms with Gasteiger partial charge in [0.1, 0.15) is 24.7 Å². The van der Waals surface area contributed by atoms with Crippen LogP contribution in [0.1, 0.15) is 27.2 Å². The lowest BCUT2D eigenvalue weighted by Crippen LogP contribution is -2.05. The predicted octanol–water partition coefficient (Wildman–Crippen LogP) is 4.60. The highest BCUT2D eigenvalue weighted by molar-refractivity contribution is 5.95. The first-order valence-corrected chi connectivity index (χ1v) is 9.37. The zero-order chi connectivity index (χ0) is 20.1. The summed E-state index contributed by atoms with van der Waals surface area (Å²) in [5, 5.41) is 10.3. The van der Waals surface area contributed by atoms with E-state index in [9.17, 15) is 9.90 Å². The molecule has 146 valence electrons. The van der Waals surface area contributed by atoms with Crippen LogP contribution >= 0.6 is 0 Å². The van der Waals surface area contributed by atoms with Crippen LogP contribution in [0.5, 0.6) is 5.75 Å². The van der Waals surface area contributed by atoms with Crippen LogP contribution in [0.4, 0.5) is 0 Å². The maximum Gasteiger partial charge on any atom is 0.355 e. The molecule has 1 aromatic heterocycles. The number of carbonyl (C=O) groups excluding carboxylic acids is 1. The Morgan fingerprint density at radius 1 is 0.862 bits per heavy atom. The van der Waals surface area contributed by atoms with Crippen molar-refractivity contribution in [3.63, 3.8) is 0 Å². The van der Waals surface area contributed by atoms with Gasteiger partial charge in [-0.1, -0.05) is 54.6 Å². The van der Waals surface area contributed by atoms with Crippen molar-refractivity contribution in [1.29, 1.82) is 0 Å². The fourth-order valence-electron chi connectivity index (χ4n) is 3.12. The maximum atomic E-state index is 12.3. The minimum atomic E-state index is -0.399. The largest absolute Gasteiger partial charge is 0.489 e. The van der Waals surface area contributed by atoms with Crippen LogP contribution in [0.3, 0.4) is 0 Å². The second kappa shape index (κ2) is 8.63. The lowest BCUT2D eigenvalue weighted by atomic mass is 10.1. The van der Waals surface area contributed by atoms with E-state index in [4.69, 9.17) is 9.47 Å². The summed E-state index contributed by atoms with van der Waals surface area (Å²) in [6, 6.07) is 24.5. The summed E-state index contributed by atoms with van der Waals surface area (Å²) in [5.74, 6) is 0.290. The number of aliphatic hydroxyl groups excluding tert-OH is 1. The Kier molecular flexibility index (Phi) is 5.59. The molecule has 0 unspecified atom stereocenters. The molecule has 0 bridgehead atoms. The molecule has 5 heteroatoms. The van der Waals surface area contributed by atoms with Crippen LogP contribution in [0.25, 0.3) is 10.9 Å². The molecule has 0 amide bonds. The van der Waals surface area contributed by atoms with E-state index in [0.717, 1.165) is 27.6 Å². The number of hydrogen-bond donors (Lipinski definition) is 2. The zero-order valence-electron chi connectivity index (χ0n) is 15.8. The summed E-state index contributed by atoms with van der Waals surface area (Å²) in [7, 11) is 0. The second-order valence-corrected chi connectivity index (χ2v) is 6.71. The van der Waals surface area contributed by atoms with Crippen molar-refractivity contribution in [2.24, 2.45) is 0 Å². The average molecular weight is 387 g/mol. The second-order valence-electron chi connectivity index (χ2n) is 6.71. The Hall–Kier alpha value is -3.57. The topological polar surface area (TPSA) is 71.6 Å². The minimum absolute atomic E-state index is 0.0230. The number of fused-ring (bicyclic) bond motifs is 1. The van der Waals surface area contributed by atoms with Gasteiger partial charge in [-0.2, -0.15) is 0 Å². The van der Waals surface area contributed by atoms with Crippen molar-refractivity contribution in [1.82, 2.24) is 4.98 Å². The molecular weight excluding hydrogens is 366 g/mol. The third kappa shape index (κ3) is 4.47. The molecule has 29 heavy (non-hydrogen) atoms. The van der Waals surface area contributed by atoms with Gasteiger partial charge in [0.05, 0.1) is 6.61 Å². The number of hydrogen-bond acceptors (Lipinski definition) is 4. The van der Waals surface area contributed by atoms with Crippen LogP contribution in [-0.4, -0.2) is 16.1 Å². The van der Waals surface area contributed by atoms with Gasteiger partial charge in [-0.05, 0) is 41.0 Å². The van der Waals surface area contributed by atoms with Gasteiger partial charge in [-0.25, -0.2) is 4.79 Å². The molecule has 0 spiro atoms. The molecule has 5 nitrogen and oxygen atoms in total. The Labute approximate surface area is 168 Å². The van der Waals surface area contributed by atoms with Crippen molar-refractivity contribution in [2.75, 3.05) is 0 Å². The average Bonchev–Trinajstić information content (AvgIpc) is 3.20. The van der Waals surface area contributed by atoms with Crippen molar-refractivity contribution >= 4 is 16.9 Å². The van der Waals surface area contributed by atoms with Gasteiger partial charge in [0.2, 0.25) is 0 Å². The number of benzene rings is 3. The summed E-state index contributed by atoms with van der Waals surface area (Å²) in [6.07, 6.45) is 0. The highest BCUT2D eigenvalue weighted by atomic mass is 16.5. The Morgan fingerprint density at radius 3 is 2.41 bits per heavy atom. The normalized spacial score (nSPS) is 10.8. The quantitative estimate of drug-likeness (QED) is 0.455. The van der Waals surface area contributed by atoms with Gasteiger partial charge >= 0.3 is 5.97 Å². The van der Waals surface area contributed by atoms with Gasteiger partial charge in [-0.15, -0.1) is 0 Å². The number of H-pyrrole nitrogens is 1. The van der Waals surface area contributed by atoms with Crippen LogP contribution < -0.4 is 4.74 Å². The monoisotopic (exact) mass is 387 g/mol. The first-order valence-electron chi connectivity index (χ1n) is 9.37. The Morgan fingerprint density at radius 2 is 1.62 bits per heavy atom. The Bertz CT molecular complexity index is 1120. The van der Waals surface area contributed by atoms with E-state index in [1.807, 2.05) is 72.8 Å². The molecule has 1 heterocycles. The molecule has 3 aromatic carbocycles. The first-order chi connectivity index (χ1) is 14.2. The fraction of sp³-hybridized carbons (Fsp3) is 0.125. The molecule has 4 aromatic rings. The molecule has 2 N–H and O–H groups in total. The first kappa shape index (κ1) is 18.8. The molecule has 0 saturated heterocycles. The van der Waals surface area contributed by atoms with Crippen LogP contribution in [-0.2, 0) is 24.6 Å². The van der Waals surface area contributed by atoms with E-state index < -0.39 is 5.97 Å². The number of aliphatic hydroxyl groups is 1. The smallest absolute Gasteiger partial charge is 0.355 e. The lowest BCUT2D eigenvalue weighted by molar-refractivity contribution is 0.0467. The maximum absolute atomic E-state index is 12.3. The molecule has 0 aliphatic heterocycles. The molecule has 4 rings (SSSR count). The van der Waals surface area contributed by atoms with Crippen LogP contribution in [0, 0.1) is 0 Å². The van der Waals surface area contributed by atoms with E-state index in [2.05, 4.69) is 4.98 Å². The van der Waals surface area contributed by atoms with E-state index in [0.29, 0.717) is 18.1 Å². The third-order valence-corrected chi connectivity index (χ3v) is 4.71. The number of nitrogens with one attached hydrogen (secondary N) is 1. The predicted molar refractivity (Wildman–Crippen MR) is 111 cm³/mol. The van der Waals surface area contributed by atoms with E-state index >= 15 is 0 Å². The lowest BCUT2D eigenvalue weighted by Gasteiger charge is -2.09. The van der Waals surface area contributed by atoms with Gasteiger partial charge in [0, 0.05) is 10.9 Å². The highest BCUT2D eigenvalue weighted by Crippen LogP contribution is 2.23. The molecule has 0 aliphatic rings. The molecular formula is C24H21NO4. The van der Waals surface area contributed by atoms with Gasteiger partial charge < -0.3 is 19.6 Å². The number of ether oxygens (including phenoxy) is 2. The van der Waals surface area contributed by atoms with Crippen molar-refractivity contribution in [3.05, 3.63) is 101 Å². The summed E-state index contributed by atoms with van der Waals surface area (Å²) in [5.41, 5.74) is 3.96. The third-order valence-electron chi connectivity index (χ3n) is 4.71. The van der Waals surface area contributed by atoms with Crippen LogP contribution in [0.15, 0.2) is 78.9 Å². The van der Waals surface area contributed by atoms with Crippen molar-refractivity contribution < 1.29 is 19.4 Å². The number of rotatable bonds is 7. The van der Waals surface area contributed by atoms with E-state index in [-0.39, 0.29) is 13.2 Å². The van der Waals surface area contributed by atoms with Crippen LogP contribution in [0.2, 0.25) is 0 Å². The molecule has 0 aliphatic carbocycles. The molecule has 0 radical (unpaired) electrons. The zero-order valence-corrected chi connectivity index (χ0v) is 15.8. The number of carbonyl (C=O) groups is 1. The number of aromatic amines is 1.